The molecule has 1 aromatic rings. The van der Waals surface area contributed by atoms with Crippen LogP contribution in [0.5, 0.6) is 5.75 Å². The molecule has 0 saturated carbocycles. The number of ether oxygens (including phenoxy) is 1. The molecule has 0 bridgehead atoms. The Morgan fingerprint density at radius 1 is 1.41 bits per heavy atom. The van der Waals surface area contributed by atoms with Crippen molar-refractivity contribution in [2.45, 2.75) is 13.1 Å². The van der Waals surface area contributed by atoms with Crippen molar-refractivity contribution in [2.75, 3.05) is 18.2 Å². The van der Waals surface area contributed by atoms with Gasteiger partial charge in [0, 0.05) is 13.0 Å². The number of halogens is 3. The first-order valence-corrected chi connectivity index (χ1v) is 4.58. The maximum absolute atomic E-state index is 12.7. The molecule has 0 aliphatic heterocycles. The SMILES string of the molecule is COc1cc(N)c(NC(C)=O)cc1C(F)(F)F. The fraction of sp³-hybridized carbons (Fsp3) is 0.300. The van der Waals surface area contributed by atoms with Crippen molar-refractivity contribution in [2.24, 2.45) is 0 Å². The highest BCUT2D eigenvalue weighted by Crippen LogP contribution is 2.40. The van der Waals surface area contributed by atoms with Crippen LogP contribution in [0.3, 0.4) is 0 Å². The number of hydrogen-bond donors (Lipinski definition) is 2. The normalized spacial score (nSPS) is 11.1. The Morgan fingerprint density at radius 2 is 2.00 bits per heavy atom. The molecule has 17 heavy (non-hydrogen) atoms. The third-order valence-corrected chi connectivity index (χ3v) is 1.99. The summed E-state index contributed by atoms with van der Waals surface area (Å²) < 4.78 is 42.6. The zero-order valence-corrected chi connectivity index (χ0v) is 9.18. The average Bonchev–Trinajstić information content (AvgIpc) is 2.18. The average molecular weight is 248 g/mol. The topological polar surface area (TPSA) is 64.3 Å². The van der Waals surface area contributed by atoms with E-state index in [-0.39, 0.29) is 17.1 Å². The van der Waals surface area contributed by atoms with Crippen molar-refractivity contribution in [3.63, 3.8) is 0 Å². The number of alkyl halides is 3. The van der Waals surface area contributed by atoms with Gasteiger partial charge in [-0.05, 0) is 6.07 Å². The second-order valence-corrected chi connectivity index (χ2v) is 3.32. The first-order chi connectivity index (χ1) is 7.75. The molecule has 0 aromatic heterocycles. The minimum Gasteiger partial charge on any atom is -0.496 e. The van der Waals surface area contributed by atoms with E-state index in [2.05, 4.69) is 10.1 Å². The number of anilines is 2. The van der Waals surface area contributed by atoms with Crippen molar-refractivity contribution in [3.05, 3.63) is 17.7 Å². The van der Waals surface area contributed by atoms with Gasteiger partial charge < -0.3 is 15.8 Å². The number of amides is 1. The Bertz CT molecular complexity index is 444. The molecule has 0 aliphatic carbocycles. The molecule has 3 N–H and O–H groups in total. The van der Waals surface area contributed by atoms with Crippen LogP contribution < -0.4 is 15.8 Å². The van der Waals surface area contributed by atoms with Crippen molar-refractivity contribution in [3.8, 4) is 5.75 Å². The van der Waals surface area contributed by atoms with Crippen molar-refractivity contribution in [1.82, 2.24) is 0 Å². The van der Waals surface area contributed by atoms with Crippen LogP contribution >= 0.6 is 0 Å². The Labute approximate surface area is 95.6 Å². The van der Waals surface area contributed by atoms with Gasteiger partial charge in [0.25, 0.3) is 0 Å². The van der Waals surface area contributed by atoms with Gasteiger partial charge in [-0.1, -0.05) is 0 Å². The van der Waals surface area contributed by atoms with Crippen LogP contribution in [-0.4, -0.2) is 13.0 Å². The lowest BCUT2D eigenvalue weighted by Gasteiger charge is -2.15. The van der Waals surface area contributed by atoms with Gasteiger partial charge in [-0.2, -0.15) is 13.2 Å². The lowest BCUT2D eigenvalue weighted by Crippen LogP contribution is -2.12. The molecule has 0 unspecified atom stereocenters. The lowest BCUT2D eigenvalue weighted by atomic mass is 10.1. The van der Waals surface area contributed by atoms with Crippen molar-refractivity contribution < 1.29 is 22.7 Å². The summed E-state index contributed by atoms with van der Waals surface area (Å²) in [5.41, 5.74) is 4.42. The first kappa shape index (κ1) is 13.1. The molecule has 0 radical (unpaired) electrons. The van der Waals surface area contributed by atoms with E-state index < -0.39 is 17.6 Å². The van der Waals surface area contributed by atoms with Crippen LogP contribution in [-0.2, 0) is 11.0 Å². The highest BCUT2D eigenvalue weighted by Gasteiger charge is 2.35. The van der Waals surface area contributed by atoms with Gasteiger partial charge in [-0.3, -0.25) is 4.79 Å². The predicted molar refractivity (Wildman–Crippen MR) is 56.7 cm³/mol. The van der Waals surface area contributed by atoms with Gasteiger partial charge in [0.05, 0.1) is 24.0 Å². The summed E-state index contributed by atoms with van der Waals surface area (Å²) in [5, 5.41) is 2.22. The summed E-state index contributed by atoms with van der Waals surface area (Å²) in [4.78, 5) is 10.8. The Kier molecular flexibility index (Phi) is 3.50. The number of rotatable bonds is 2. The molecule has 0 aliphatic rings. The number of hydrogen-bond acceptors (Lipinski definition) is 3. The first-order valence-electron chi connectivity index (χ1n) is 4.58. The quantitative estimate of drug-likeness (QED) is 0.789. The maximum Gasteiger partial charge on any atom is 0.420 e. The Hall–Kier alpha value is -1.92. The van der Waals surface area contributed by atoms with Crippen LogP contribution in [0.1, 0.15) is 12.5 Å². The molecule has 0 fully saturated rings. The van der Waals surface area contributed by atoms with E-state index >= 15 is 0 Å². The van der Waals surface area contributed by atoms with Gasteiger partial charge >= 0.3 is 6.18 Å². The highest BCUT2D eigenvalue weighted by molar-refractivity contribution is 5.92. The zero-order valence-electron chi connectivity index (χ0n) is 9.18. The van der Waals surface area contributed by atoms with E-state index in [1.807, 2.05) is 0 Å². The summed E-state index contributed by atoms with van der Waals surface area (Å²) in [6.07, 6.45) is -4.58. The van der Waals surface area contributed by atoms with E-state index in [4.69, 9.17) is 5.73 Å². The molecule has 1 amide bonds. The molecule has 94 valence electrons. The largest absolute Gasteiger partial charge is 0.496 e. The molecule has 1 rings (SSSR count). The highest BCUT2D eigenvalue weighted by atomic mass is 19.4. The summed E-state index contributed by atoms with van der Waals surface area (Å²) in [5.74, 6) is -0.890. The van der Waals surface area contributed by atoms with Crippen LogP contribution in [0.2, 0.25) is 0 Å². The molecule has 0 spiro atoms. The summed E-state index contributed by atoms with van der Waals surface area (Å²) in [6, 6.07) is 1.77. The van der Waals surface area contributed by atoms with E-state index in [1.165, 1.54) is 6.92 Å². The zero-order chi connectivity index (χ0) is 13.2. The van der Waals surface area contributed by atoms with Gasteiger partial charge in [-0.25, -0.2) is 0 Å². The minimum absolute atomic E-state index is 0.00468. The molecule has 0 saturated heterocycles. The number of carbonyl (C=O) groups excluding carboxylic acids is 1. The van der Waals surface area contributed by atoms with Gasteiger partial charge in [-0.15, -0.1) is 0 Å². The summed E-state index contributed by atoms with van der Waals surface area (Å²) in [7, 11) is 1.11. The fourth-order valence-corrected chi connectivity index (χ4v) is 1.28. The second-order valence-electron chi connectivity index (χ2n) is 3.32. The summed E-state index contributed by atoms with van der Waals surface area (Å²) >= 11 is 0. The molecule has 0 heterocycles. The van der Waals surface area contributed by atoms with Gasteiger partial charge in [0.1, 0.15) is 5.75 Å². The van der Waals surface area contributed by atoms with Crippen LogP contribution in [0.4, 0.5) is 24.5 Å². The number of benzene rings is 1. The van der Waals surface area contributed by atoms with Crippen LogP contribution in [0.15, 0.2) is 12.1 Å². The third kappa shape index (κ3) is 3.02. The molecule has 1 aromatic carbocycles. The predicted octanol–water partition coefficient (Wildman–Crippen LogP) is 2.25. The minimum atomic E-state index is -4.58. The van der Waals surface area contributed by atoms with E-state index in [0.717, 1.165) is 19.2 Å². The monoisotopic (exact) mass is 248 g/mol. The Balaban J connectivity index is 3.32. The second kappa shape index (κ2) is 4.52. The van der Waals surface area contributed by atoms with Gasteiger partial charge in [0.15, 0.2) is 0 Å². The van der Waals surface area contributed by atoms with Crippen molar-refractivity contribution >= 4 is 17.3 Å². The third-order valence-electron chi connectivity index (χ3n) is 1.99. The number of carbonyl (C=O) groups is 1. The fourth-order valence-electron chi connectivity index (χ4n) is 1.28. The smallest absolute Gasteiger partial charge is 0.420 e. The summed E-state index contributed by atoms with van der Waals surface area (Å²) in [6.45, 7) is 1.18. The van der Waals surface area contributed by atoms with Crippen molar-refractivity contribution in [1.29, 1.82) is 0 Å². The number of nitrogens with one attached hydrogen (secondary N) is 1. The van der Waals surface area contributed by atoms with E-state index in [0.29, 0.717) is 0 Å². The molecular weight excluding hydrogens is 237 g/mol. The standard InChI is InChI=1S/C10H11F3N2O2/c1-5(16)15-8-3-6(10(11,12)13)9(17-2)4-7(8)14/h3-4H,14H2,1-2H3,(H,15,16). The molecule has 4 nitrogen and oxygen atoms in total. The van der Waals surface area contributed by atoms with Crippen LogP contribution in [0, 0.1) is 0 Å². The van der Waals surface area contributed by atoms with E-state index in [1.54, 1.807) is 0 Å². The molecular formula is C10H11F3N2O2. The molecule has 7 heteroatoms. The maximum atomic E-state index is 12.7. The number of nitrogen functional groups attached to an aromatic ring is 1. The molecule has 0 atom stereocenters. The number of methoxy groups -OCH3 is 1. The van der Waals surface area contributed by atoms with Crippen LogP contribution in [0.25, 0.3) is 0 Å². The van der Waals surface area contributed by atoms with Gasteiger partial charge in [0.2, 0.25) is 5.91 Å². The van der Waals surface area contributed by atoms with E-state index in [9.17, 15) is 18.0 Å². The Morgan fingerprint density at radius 3 is 2.41 bits per heavy atom. The number of nitrogens with two attached hydrogens (primary N) is 1. The lowest BCUT2D eigenvalue weighted by molar-refractivity contribution is -0.138.